The predicted octanol–water partition coefficient (Wildman–Crippen LogP) is 2.21. The first-order valence-corrected chi connectivity index (χ1v) is 8.09. The molecule has 0 bridgehead atoms. The van der Waals surface area contributed by atoms with Crippen LogP contribution in [-0.2, 0) is 17.8 Å². The lowest BCUT2D eigenvalue weighted by molar-refractivity contribution is -0.130. The van der Waals surface area contributed by atoms with Crippen LogP contribution in [0.25, 0.3) is 0 Å². The second kappa shape index (κ2) is 8.14. The number of hydrogen-bond donors (Lipinski definition) is 2. The van der Waals surface area contributed by atoms with Crippen molar-refractivity contribution < 1.29 is 4.79 Å². The Morgan fingerprint density at radius 1 is 1.45 bits per heavy atom. The van der Waals surface area contributed by atoms with Crippen LogP contribution in [0.1, 0.15) is 31.2 Å². The van der Waals surface area contributed by atoms with Gasteiger partial charge in [-0.3, -0.25) is 9.79 Å². The average Bonchev–Trinajstić information content (AvgIpc) is 2.89. The molecule has 1 aliphatic heterocycles. The Bertz CT molecular complexity index is 536. The highest BCUT2D eigenvalue weighted by atomic mass is 127. The van der Waals surface area contributed by atoms with Gasteiger partial charge in [0.15, 0.2) is 5.96 Å². The van der Waals surface area contributed by atoms with Gasteiger partial charge in [0.25, 0.3) is 0 Å². The zero-order chi connectivity index (χ0) is 15.5. The third kappa shape index (κ3) is 5.42. The molecule has 0 fully saturated rings. The minimum absolute atomic E-state index is 0. The Hall–Kier alpha value is -0.830. The summed E-state index contributed by atoms with van der Waals surface area (Å²) in [6.45, 7) is 7.98. The monoisotopic (exact) mass is 436 g/mol. The molecule has 1 amide bonds. The summed E-state index contributed by atoms with van der Waals surface area (Å²) in [7, 11) is 1.71. The predicted molar refractivity (Wildman–Crippen MR) is 103 cm³/mol. The van der Waals surface area contributed by atoms with Crippen molar-refractivity contribution in [3.8, 4) is 0 Å². The number of nitrogens with one attached hydrogen (secondary N) is 2. The minimum Gasteiger partial charge on any atom is -0.352 e. The Morgan fingerprint density at radius 3 is 2.82 bits per heavy atom. The number of hydrogen-bond acceptors (Lipinski definition) is 3. The van der Waals surface area contributed by atoms with E-state index in [-0.39, 0.29) is 42.0 Å². The fourth-order valence-corrected chi connectivity index (χ4v) is 3.16. The molecule has 1 aromatic heterocycles. The van der Waals surface area contributed by atoms with Crippen LogP contribution in [-0.4, -0.2) is 42.4 Å². The van der Waals surface area contributed by atoms with Crippen molar-refractivity contribution in [2.75, 3.05) is 20.1 Å². The summed E-state index contributed by atoms with van der Waals surface area (Å²) in [4.78, 5) is 19.8. The van der Waals surface area contributed by atoms with E-state index in [4.69, 9.17) is 0 Å². The van der Waals surface area contributed by atoms with E-state index in [1.807, 2.05) is 4.90 Å². The zero-order valence-electron chi connectivity index (χ0n) is 13.6. The maximum Gasteiger partial charge on any atom is 0.242 e. The van der Waals surface area contributed by atoms with Gasteiger partial charge in [-0.2, -0.15) is 0 Å². The molecular weight excluding hydrogens is 411 g/mol. The molecule has 0 saturated heterocycles. The van der Waals surface area contributed by atoms with Crippen molar-refractivity contribution in [1.82, 2.24) is 15.5 Å². The van der Waals surface area contributed by atoms with Gasteiger partial charge in [0.05, 0.1) is 6.54 Å². The molecule has 0 saturated carbocycles. The van der Waals surface area contributed by atoms with E-state index in [0.29, 0.717) is 5.96 Å². The standard InChI is InChI=1S/C15H24N4OS.HI/c1-15(2,3)18-14(16-4)17-9-13(20)19-7-5-12-11(10-19)6-8-21-12;/h6,8H,5,7,9-10H2,1-4H3,(H2,16,17,18);1H. The molecule has 1 aliphatic rings. The van der Waals surface area contributed by atoms with Gasteiger partial charge in [-0.25, -0.2) is 0 Å². The van der Waals surface area contributed by atoms with Crippen LogP contribution in [0.4, 0.5) is 0 Å². The molecule has 7 heteroatoms. The van der Waals surface area contributed by atoms with Crippen molar-refractivity contribution >= 4 is 47.2 Å². The second-order valence-electron chi connectivity index (χ2n) is 6.24. The zero-order valence-corrected chi connectivity index (χ0v) is 16.7. The normalized spacial score (nSPS) is 14.9. The molecule has 124 valence electrons. The van der Waals surface area contributed by atoms with E-state index in [1.165, 1.54) is 10.4 Å². The third-order valence-corrected chi connectivity index (χ3v) is 4.31. The highest BCUT2D eigenvalue weighted by Crippen LogP contribution is 2.23. The first-order chi connectivity index (χ1) is 9.89. The van der Waals surface area contributed by atoms with Crippen molar-refractivity contribution in [2.45, 2.75) is 39.3 Å². The fraction of sp³-hybridized carbons (Fsp3) is 0.600. The summed E-state index contributed by atoms with van der Waals surface area (Å²) in [5.41, 5.74) is 1.21. The molecule has 0 aliphatic carbocycles. The second-order valence-corrected chi connectivity index (χ2v) is 7.24. The van der Waals surface area contributed by atoms with Crippen molar-refractivity contribution in [2.24, 2.45) is 4.99 Å². The number of aliphatic imine (C=N–C) groups is 1. The van der Waals surface area contributed by atoms with Gasteiger partial charge in [0, 0.05) is 30.6 Å². The van der Waals surface area contributed by atoms with E-state index in [0.717, 1.165) is 19.5 Å². The van der Waals surface area contributed by atoms with Crippen molar-refractivity contribution in [1.29, 1.82) is 0 Å². The molecule has 5 nitrogen and oxygen atoms in total. The number of carbonyl (C=O) groups excluding carboxylic acids is 1. The molecule has 2 N–H and O–H groups in total. The topological polar surface area (TPSA) is 56.7 Å². The Balaban J connectivity index is 0.00000242. The Kier molecular flexibility index (Phi) is 7.11. The lowest BCUT2D eigenvalue weighted by Crippen LogP contribution is -2.50. The number of nitrogens with zero attached hydrogens (tertiary/aromatic N) is 2. The van der Waals surface area contributed by atoms with Gasteiger partial charge in [0.2, 0.25) is 5.91 Å². The van der Waals surface area contributed by atoms with Crippen LogP contribution in [0, 0.1) is 0 Å². The Morgan fingerprint density at radius 2 is 2.18 bits per heavy atom. The Labute approximate surface area is 153 Å². The van der Waals surface area contributed by atoms with Crippen LogP contribution >= 0.6 is 35.3 Å². The summed E-state index contributed by atoms with van der Waals surface area (Å²) in [6.07, 6.45) is 0.966. The summed E-state index contributed by atoms with van der Waals surface area (Å²) < 4.78 is 0. The SMILES string of the molecule is CN=C(NCC(=O)N1CCc2sccc2C1)NC(C)(C)C.I. The molecule has 0 unspecified atom stereocenters. The largest absolute Gasteiger partial charge is 0.352 e. The number of rotatable bonds is 2. The van der Waals surface area contributed by atoms with Gasteiger partial charge in [-0.1, -0.05) is 0 Å². The van der Waals surface area contributed by atoms with Gasteiger partial charge in [0.1, 0.15) is 0 Å². The van der Waals surface area contributed by atoms with Crippen LogP contribution in [0.2, 0.25) is 0 Å². The number of halogens is 1. The molecule has 2 heterocycles. The lowest BCUT2D eigenvalue weighted by Gasteiger charge is -2.28. The van der Waals surface area contributed by atoms with Crippen molar-refractivity contribution in [3.05, 3.63) is 21.9 Å². The molecule has 0 aromatic carbocycles. The minimum atomic E-state index is -0.0818. The van der Waals surface area contributed by atoms with Gasteiger partial charge >= 0.3 is 0 Å². The lowest BCUT2D eigenvalue weighted by atomic mass is 10.1. The third-order valence-electron chi connectivity index (χ3n) is 3.28. The maximum absolute atomic E-state index is 12.3. The van der Waals surface area contributed by atoms with Crippen LogP contribution in [0.5, 0.6) is 0 Å². The van der Waals surface area contributed by atoms with Crippen LogP contribution in [0.15, 0.2) is 16.4 Å². The summed E-state index contributed by atoms with van der Waals surface area (Å²) in [5, 5.41) is 8.44. The maximum atomic E-state index is 12.3. The smallest absolute Gasteiger partial charge is 0.242 e. The molecular formula is C15H25IN4OS. The molecule has 0 radical (unpaired) electrons. The van der Waals surface area contributed by atoms with Crippen molar-refractivity contribution in [3.63, 3.8) is 0 Å². The molecule has 22 heavy (non-hydrogen) atoms. The first kappa shape index (κ1) is 19.2. The summed E-state index contributed by atoms with van der Waals surface area (Å²) in [6, 6.07) is 2.12. The van der Waals surface area contributed by atoms with Crippen LogP contribution in [0.3, 0.4) is 0 Å². The number of amides is 1. The summed E-state index contributed by atoms with van der Waals surface area (Å²) >= 11 is 1.78. The molecule has 1 aromatic rings. The van der Waals surface area contributed by atoms with Gasteiger partial charge < -0.3 is 15.5 Å². The van der Waals surface area contributed by atoms with E-state index in [9.17, 15) is 4.79 Å². The first-order valence-electron chi connectivity index (χ1n) is 7.21. The average molecular weight is 436 g/mol. The van der Waals surface area contributed by atoms with E-state index in [1.54, 1.807) is 18.4 Å². The van der Waals surface area contributed by atoms with Crippen LogP contribution < -0.4 is 10.6 Å². The summed E-state index contributed by atoms with van der Waals surface area (Å²) in [5.74, 6) is 0.771. The molecule has 2 rings (SSSR count). The molecule has 0 spiro atoms. The van der Waals surface area contributed by atoms with E-state index >= 15 is 0 Å². The highest BCUT2D eigenvalue weighted by Gasteiger charge is 2.21. The van der Waals surface area contributed by atoms with Gasteiger partial charge in [-0.05, 0) is 44.2 Å². The molecule has 0 atom stereocenters. The number of thiophene rings is 1. The number of fused-ring (bicyclic) bond motifs is 1. The fourth-order valence-electron chi connectivity index (χ4n) is 2.27. The van der Waals surface area contributed by atoms with E-state index < -0.39 is 0 Å². The number of guanidine groups is 1. The quantitative estimate of drug-likeness (QED) is 0.425. The highest BCUT2D eigenvalue weighted by molar-refractivity contribution is 14.0. The van der Waals surface area contributed by atoms with E-state index in [2.05, 4.69) is 47.8 Å². The van der Waals surface area contributed by atoms with Gasteiger partial charge in [-0.15, -0.1) is 35.3 Å². The number of carbonyl (C=O) groups is 1.